The van der Waals surface area contributed by atoms with E-state index >= 15 is 0 Å². The van der Waals surface area contributed by atoms with Gasteiger partial charge in [0.2, 0.25) is 0 Å². The van der Waals surface area contributed by atoms with Gasteiger partial charge in [0.1, 0.15) is 12.7 Å². The molecule has 1 aliphatic rings. The van der Waals surface area contributed by atoms with Crippen molar-refractivity contribution in [2.75, 3.05) is 6.61 Å². The molecule has 1 aliphatic heterocycles. The van der Waals surface area contributed by atoms with Gasteiger partial charge < -0.3 is 9.94 Å². The van der Waals surface area contributed by atoms with Gasteiger partial charge in [-0.2, -0.15) is 0 Å². The number of aliphatic hydroxyl groups is 1. The molecule has 0 bridgehead atoms. The lowest BCUT2D eigenvalue weighted by atomic mass is 10.0. The van der Waals surface area contributed by atoms with E-state index in [1.807, 2.05) is 24.3 Å². The highest BCUT2D eigenvalue weighted by Crippen LogP contribution is 2.21. The van der Waals surface area contributed by atoms with E-state index in [-0.39, 0.29) is 0 Å². The Bertz CT molecular complexity index is 348. The van der Waals surface area contributed by atoms with Gasteiger partial charge in [-0.15, -0.1) is 0 Å². The van der Waals surface area contributed by atoms with Crippen LogP contribution < -0.4 is 0 Å². The fourth-order valence-electron chi connectivity index (χ4n) is 1.35. The molecule has 1 N–H and O–H groups in total. The number of aliphatic hydroxyl groups excluding tert-OH is 1. The summed E-state index contributed by atoms with van der Waals surface area (Å²) in [5.41, 5.74) is 1.55. The van der Waals surface area contributed by atoms with Gasteiger partial charge in [-0.3, -0.25) is 0 Å². The molecule has 1 aromatic carbocycles. The van der Waals surface area contributed by atoms with Crippen LogP contribution in [0.1, 0.15) is 18.1 Å². The SMILES string of the molecule is OC(C1=NOCC1)c1ccc(Br)cc1. The lowest BCUT2D eigenvalue weighted by molar-refractivity contribution is 0.172. The minimum atomic E-state index is -0.634. The Morgan fingerprint density at radius 2 is 2.07 bits per heavy atom. The van der Waals surface area contributed by atoms with Crippen molar-refractivity contribution in [1.29, 1.82) is 0 Å². The Hall–Kier alpha value is -0.870. The van der Waals surface area contributed by atoms with Gasteiger partial charge in [0.05, 0.1) is 5.71 Å². The molecule has 0 saturated heterocycles. The Balaban J connectivity index is 2.18. The van der Waals surface area contributed by atoms with E-state index in [9.17, 15) is 5.11 Å². The highest BCUT2D eigenvalue weighted by molar-refractivity contribution is 9.10. The Morgan fingerprint density at radius 3 is 2.64 bits per heavy atom. The number of nitrogens with zero attached hydrogens (tertiary/aromatic N) is 1. The molecule has 1 heterocycles. The van der Waals surface area contributed by atoms with Crippen LogP contribution in [0.25, 0.3) is 0 Å². The van der Waals surface area contributed by atoms with Gasteiger partial charge in [0.25, 0.3) is 0 Å². The average Bonchev–Trinajstić information content (AvgIpc) is 2.71. The number of hydrogen-bond acceptors (Lipinski definition) is 3. The second-order valence-electron chi connectivity index (χ2n) is 3.12. The van der Waals surface area contributed by atoms with E-state index in [1.54, 1.807) is 0 Å². The molecule has 2 rings (SSSR count). The monoisotopic (exact) mass is 255 g/mol. The molecule has 0 fully saturated rings. The zero-order valence-electron chi connectivity index (χ0n) is 7.48. The molecule has 0 aliphatic carbocycles. The van der Waals surface area contributed by atoms with Crippen molar-refractivity contribution in [2.45, 2.75) is 12.5 Å². The van der Waals surface area contributed by atoms with E-state index in [4.69, 9.17) is 4.84 Å². The summed E-state index contributed by atoms with van der Waals surface area (Å²) >= 11 is 3.34. The summed E-state index contributed by atoms with van der Waals surface area (Å²) in [7, 11) is 0. The fourth-order valence-corrected chi connectivity index (χ4v) is 1.61. The smallest absolute Gasteiger partial charge is 0.122 e. The third-order valence-electron chi connectivity index (χ3n) is 2.13. The molecular formula is C10H10BrNO2. The zero-order valence-corrected chi connectivity index (χ0v) is 9.07. The summed E-state index contributed by atoms with van der Waals surface area (Å²) in [5.74, 6) is 0. The van der Waals surface area contributed by atoms with Crippen LogP contribution in [0.15, 0.2) is 33.9 Å². The third-order valence-corrected chi connectivity index (χ3v) is 2.66. The van der Waals surface area contributed by atoms with Crippen molar-refractivity contribution < 1.29 is 9.94 Å². The van der Waals surface area contributed by atoms with E-state index in [2.05, 4.69) is 21.1 Å². The first-order chi connectivity index (χ1) is 6.77. The molecule has 0 spiro atoms. The van der Waals surface area contributed by atoms with E-state index in [0.717, 1.165) is 10.0 Å². The Labute approximate surface area is 90.5 Å². The van der Waals surface area contributed by atoms with Crippen LogP contribution in [-0.2, 0) is 4.84 Å². The maximum absolute atomic E-state index is 9.89. The summed E-state index contributed by atoms with van der Waals surface area (Å²) in [6.07, 6.45) is 0.0719. The predicted molar refractivity (Wildman–Crippen MR) is 57.1 cm³/mol. The number of oxime groups is 1. The minimum absolute atomic E-state index is 0.572. The second kappa shape index (κ2) is 4.11. The van der Waals surface area contributed by atoms with Crippen LogP contribution in [-0.4, -0.2) is 17.4 Å². The van der Waals surface area contributed by atoms with Gasteiger partial charge in [-0.1, -0.05) is 33.2 Å². The summed E-state index contributed by atoms with van der Waals surface area (Å²) in [4.78, 5) is 4.84. The van der Waals surface area contributed by atoms with Crippen molar-refractivity contribution in [3.63, 3.8) is 0 Å². The predicted octanol–water partition coefficient (Wildman–Crippen LogP) is 2.26. The fraction of sp³-hybridized carbons (Fsp3) is 0.300. The lowest BCUT2D eigenvalue weighted by Crippen LogP contribution is -2.09. The molecule has 74 valence electrons. The molecule has 14 heavy (non-hydrogen) atoms. The van der Waals surface area contributed by atoms with Crippen molar-refractivity contribution in [2.24, 2.45) is 5.16 Å². The number of rotatable bonds is 2. The molecule has 0 amide bonds. The number of halogens is 1. The molecular weight excluding hydrogens is 246 g/mol. The minimum Gasteiger partial charge on any atom is -0.395 e. The maximum Gasteiger partial charge on any atom is 0.122 e. The topological polar surface area (TPSA) is 41.8 Å². The van der Waals surface area contributed by atoms with Crippen LogP contribution in [0.4, 0.5) is 0 Å². The van der Waals surface area contributed by atoms with Crippen LogP contribution in [0, 0.1) is 0 Å². The number of benzene rings is 1. The third kappa shape index (κ3) is 1.96. The summed E-state index contributed by atoms with van der Waals surface area (Å²) in [6, 6.07) is 7.54. The molecule has 4 heteroatoms. The summed E-state index contributed by atoms with van der Waals surface area (Å²) < 4.78 is 0.998. The van der Waals surface area contributed by atoms with E-state index in [1.165, 1.54) is 0 Å². The normalized spacial score (nSPS) is 17.4. The zero-order chi connectivity index (χ0) is 9.97. The summed E-state index contributed by atoms with van der Waals surface area (Å²) in [5, 5.41) is 13.7. The lowest BCUT2D eigenvalue weighted by Gasteiger charge is -2.08. The molecule has 1 atom stereocenters. The van der Waals surface area contributed by atoms with Crippen molar-refractivity contribution >= 4 is 21.6 Å². The van der Waals surface area contributed by atoms with Gasteiger partial charge in [0, 0.05) is 10.9 Å². The van der Waals surface area contributed by atoms with Crippen molar-refractivity contribution in [3.8, 4) is 0 Å². The molecule has 0 radical (unpaired) electrons. The molecule has 1 unspecified atom stereocenters. The largest absolute Gasteiger partial charge is 0.395 e. The van der Waals surface area contributed by atoms with Gasteiger partial charge in [0.15, 0.2) is 0 Å². The quantitative estimate of drug-likeness (QED) is 0.881. The van der Waals surface area contributed by atoms with Gasteiger partial charge in [-0.25, -0.2) is 0 Å². The van der Waals surface area contributed by atoms with Crippen LogP contribution >= 0.6 is 15.9 Å². The Kier molecular flexibility index (Phi) is 2.84. The first kappa shape index (κ1) is 9.68. The molecule has 0 saturated carbocycles. The first-order valence-corrected chi connectivity index (χ1v) is 5.19. The Morgan fingerprint density at radius 1 is 1.36 bits per heavy atom. The standard InChI is InChI=1S/C10H10BrNO2/c11-8-3-1-7(2-4-8)10(13)9-5-6-14-12-9/h1-4,10,13H,5-6H2. The number of hydrogen-bond donors (Lipinski definition) is 1. The molecule has 3 nitrogen and oxygen atoms in total. The summed E-state index contributed by atoms with van der Waals surface area (Å²) in [6.45, 7) is 0.572. The van der Waals surface area contributed by atoms with Gasteiger partial charge >= 0.3 is 0 Å². The highest BCUT2D eigenvalue weighted by atomic mass is 79.9. The maximum atomic E-state index is 9.89. The van der Waals surface area contributed by atoms with Crippen LogP contribution in [0.5, 0.6) is 0 Å². The van der Waals surface area contributed by atoms with Crippen LogP contribution in [0.2, 0.25) is 0 Å². The van der Waals surface area contributed by atoms with Gasteiger partial charge in [-0.05, 0) is 17.7 Å². The highest BCUT2D eigenvalue weighted by Gasteiger charge is 2.19. The van der Waals surface area contributed by atoms with E-state index in [0.29, 0.717) is 18.7 Å². The van der Waals surface area contributed by atoms with E-state index < -0.39 is 6.10 Å². The van der Waals surface area contributed by atoms with Crippen LogP contribution in [0.3, 0.4) is 0 Å². The first-order valence-electron chi connectivity index (χ1n) is 4.39. The molecule has 1 aromatic rings. The van der Waals surface area contributed by atoms with Crippen molar-refractivity contribution in [1.82, 2.24) is 0 Å². The molecule has 0 aromatic heterocycles. The van der Waals surface area contributed by atoms with Crippen molar-refractivity contribution in [3.05, 3.63) is 34.3 Å². The second-order valence-corrected chi connectivity index (χ2v) is 4.04. The average molecular weight is 256 g/mol.